The van der Waals surface area contributed by atoms with Gasteiger partial charge in [-0.15, -0.1) is 0 Å². The molecule has 3 rings (SSSR count). The highest BCUT2D eigenvalue weighted by Gasteiger charge is 2.21. The first kappa shape index (κ1) is 11.8. The van der Waals surface area contributed by atoms with Gasteiger partial charge in [0.25, 0.3) is 5.56 Å². The number of fused-ring (bicyclic) bond motifs is 1. The summed E-state index contributed by atoms with van der Waals surface area (Å²) in [6.07, 6.45) is 1.87. The molecular formula is C13H10F2N2O2. The molecule has 0 atom stereocenters. The van der Waals surface area contributed by atoms with Crippen LogP contribution in [0.25, 0.3) is 5.69 Å². The second kappa shape index (κ2) is 4.15. The fraction of sp³-hybridized carbons (Fsp3) is 0.231. The Hall–Kier alpha value is -2.24. The number of hydrogen-bond donors (Lipinski definition) is 1. The SMILES string of the molecule is O=c1[nH]c(=O)n(-c2cc(F)cc(F)c2)c2c1CCC2. The van der Waals surface area contributed by atoms with Crippen LogP contribution in [0.1, 0.15) is 17.7 Å². The van der Waals surface area contributed by atoms with Crippen LogP contribution >= 0.6 is 0 Å². The number of halogens is 2. The Morgan fingerprint density at radius 3 is 2.42 bits per heavy atom. The van der Waals surface area contributed by atoms with Crippen LogP contribution in [0.4, 0.5) is 8.78 Å². The maximum atomic E-state index is 13.2. The average Bonchev–Trinajstić information content (AvgIpc) is 2.76. The van der Waals surface area contributed by atoms with Crippen LogP contribution in [0, 0.1) is 11.6 Å². The fourth-order valence-electron chi connectivity index (χ4n) is 2.51. The number of benzene rings is 1. The van der Waals surface area contributed by atoms with Gasteiger partial charge in [-0.3, -0.25) is 14.3 Å². The minimum Gasteiger partial charge on any atom is -0.273 e. The highest BCUT2D eigenvalue weighted by atomic mass is 19.1. The lowest BCUT2D eigenvalue weighted by Crippen LogP contribution is -2.33. The van der Waals surface area contributed by atoms with Crippen LogP contribution < -0.4 is 11.2 Å². The summed E-state index contributed by atoms with van der Waals surface area (Å²) in [6.45, 7) is 0. The Bertz CT molecular complexity index is 757. The minimum atomic E-state index is -0.764. The van der Waals surface area contributed by atoms with E-state index in [2.05, 4.69) is 4.98 Å². The van der Waals surface area contributed by atoms with Crippen molar-refractivity contribution < 1.29 is 8.78 Å². The Labute approximate surface area is 106 Å². The van der Waals surface area contributed by atoms with Gasteiger partial charge in [-0.2, -0.15) is 0 Å². The summed E-state index contributed by atoms with van der Waals surface area (Å²) in [4.78, 5) is 25.7. The molecule has 0 amide bonds. The Kier molecular flexibility index (Phi) is 2.58. The molecule has 6 heteroatoms. The van der Waals surface area contributed by atoms with Crippen molar-refractivity contribution in [2.75, 3.05) is 0 Å². The van der Waals surface area contributed by atoms with Crippen molar-refractivity contribution in [3.05, 3.63) is 61.9 Å². The first-order valence-corrected chi connectivity index (χ1v) is 5.90. The maximum Gasteiger partial charge on any atom is 0.333 e. The smallest absolute Gasteiger partial charge is 0.273 e. The third-order valence-corrected chi connectivity index (χ3v) is 3.26. The summed E-state index contributed by atoms with van der Waals surface area (Å²) in [7, 11) is 0. The highest BCUT2D eigenvalue weighted by Crippen LogP contribution is 2.20. The van der Waals surface area contributed by atoms with Gasteiger partial charge in [-0.1, -0.05) is 0 Å². The fourth-order valence-corrected chi connectivity index (χ4v) is 2.51. The van der Waals surface area contributed by atoms with Crippen molar-refractivity contribution in [1.29, 1.82) is 0 Å². The molecule has 0 fully saturated rings. The van der Waals surface area contributed by atoms with Crippen molar-refractivity contribution in [3.63, 3.8) is 0 Å². The lowest BCUT2D eigenvalue weighted by Gasteiger charge is -2.11. The van der Waals surface area contributed by atoms with E-state index >= 15 is 0 Å². The molecule has 2 aromatic rings. The van der Waals surface area contributed by atoms with Gasteiger partial charge in [0.1, 0.15) is 11.6 Å². The number of nitrogens with one attached hydrogen (secondary N) is 1. The van der Waals surface area contributed by atoms with Gasteiger partial charge in [-0.05, 0) is 31.4 Å². The molecule has 1 aliphatic rings. The van der Waals surface area contributed by atoms with Gasteiger partial charge >= 0.3 is 5.69 Å². The summed E-state index contributed by atoms with van der Waals surface area (Å²) in [5.74, 6) is -1.53. The van der Waals surface area contributed by atoms with Crippen LogP contribution in [0.2, 0.25) is 0 Å². The standard InChI is InChI=1S/C13H10F2N2O2/c14-7-4-8(15)6-9(5-7)17-11-3-1-2-10(11)12(18)16-13(17)19/h4-6H,1-3H2,(H,16,18,19). The molecule has 1 heterocycles. The van der Waals surface area contributed by atoms with Gasteiger partial charge in [0.05, 0.1) is 5.69 Å². The summed E-state index contributed by atoms with van der Waals surface area (Å²) in [6, 6.07) is 2.88. The molecule has 1 aliphatic carbocycles. The maximum absolute atomic E-state index is 13.2. The molecule has 0 aliphatic heterocycles. The Morgan fingerprint density at radius 1 is 1.05 bits per heavy atom. The number of aromatic amines is 1. The number of H-pyrrole nitrogens is 1. The molecule has 4 nitrogen and oxygen atoms in total. The second-order valence-electron chi connectivity index (χ2n) is 4.50. The molecule has 1 N–H and O–H groups in total. The topological polar surface area (TPSA) is 54.9 Å². The molecule has 98 valence electrons. The number of aromatic nitrogens is 2. The lowest BCUT2D eigenvalue weighted by molar-refractivity contribution is 0.580. The molecule has 0 spiro atoms. The zero-order valence-electron chi connectivity index (χ0n) is 9.87. The lowest BCUT2D eigenvalue weighted by atomic mass is 10.2. The third-order valence-electron chi connectivity index (χ3n) is 3.26. The summed E-state index contributed by atoms with van der Waals surface area (Å²) < 4.78 is 27.7. The van der Waals surface area contributed by atoms with Crippen LogP contribution in [0.15, 0.2) is 27.8 Å². The van der Waals surface area contributed by atoms with E-state index in [1.807, 2.05) is 0 Å². The molecule has 1 aromatic heterocycles. The van der Waals surface area contributed by atoms with Crippen LogP contribution in [-0.2, 0) is 12.8 Å². The van der Waals surface area contributed by atoms with Gasteiger partial charge in [0.2, 0.25) is 0 Å². The van der Waals surface area contributed by atoms with E-state index in [9.17, 15) is 18.4 Å². The molecule has 0 saturated heterocycles. The predicted molar refractivity (Wildman–Crippen MR) is 64.6 cm³/mol. The van der Waals surface area contributed by atoms with E-state index in [1.54, 1.807) is 0 Å². The quantitative estimate of drug-likeness (QED) is 0.844. The van der Waals surface area contributed by atoms with Crippen LogP contribution in [0.3, 0.4) is 0 Å². The number of nitrogens with zero attached hydrogens (tertiary/aromatic N) is 1. The van der Waals surface area contributed by atoms with Gasteiger partial charge < -0.3 is 0 Å². The van der Waals surface area contributed by atoms with Gasteiger partial charge in [-0.25, -0.2) is 13.6 Å². The molecule has 1 aromatic carbocycles. The predicted octanol–water partition coefficient (Wildman–Crippen LogP) is 1.29. The monoisotopic (exact) mass is 264 g/mol. The average molecular weight is 264 g/mol. The van der Waals surface area contributed by atoms with Gasteiger partial charge in [0.15, 0.2) is 0 Å². The van der Waals surface area contributed by atoms with Crippen LogP contribution in [-0.4, -0.2) is 9.55 Å². The molecular weight excluding hydrogens is 254 g/mol. The first-order chi connectivity index (χ1) is 9.06. The van der Waals surface area contributed by atoms with E-state index in [0.29, 0.717) is 24.1 Å². The largest absolute Gasteiger partial charge is 0.333 e. The Balaban J connectivity index is 2.35. The summed E-state index contributed by atoms with van der Waals surface area (Å²) in [5, 5.41) is 0. The number of rotatable bonds is 1. The van der Waals surface area contributed by atoms with E-state index in [4.69, 9.17) is 0 Å². The van der Waals surface area contributed by atoms with E-state index < -0.39 is 22.9 Å². The van der Waals surface area contributed by atoms with Crippen molar-refractivity contribution in [2.24, 2.45) is 0 Å². The molecule has 0 bridgehead atoms. The highest BCUT2D eigenvalue weighted by molar-refractivity contribution is 5.38. The third kappa shape index (κ3) is 1.89. The second-order valence-corrected chi connectivity index (χ2v) is 4.50. The van der Waals surface area contributed by atoms with Crippen molar-refractivity contribution in [3.8, 4) is 5.69 Å². The van der Waals surface area contributed by atoms with Gasteiger partial charge in [0, 0.05) is 17.3 Å². The number of hydrogen-bond acceptors (Lipinski definition) is 2. The van der Waals surface area contributed by atoms with Crippen molar-refractivity contribution in [1.82, 2.24) is 9.55 Å². The first-order valence-electron chi connectivity index (χ1n) is 5.90. The van der Waals surface area contributed by atoms with Crippen LogP contribution in [0.5, 0.6) is 0 Å². The van der Waals surface area contributed by atoms with Crippen molar-refractivity contribution in [2.45, 2.75) is 19.3 Å². The Morgan fingerprint density at radius 2 is 1.74 bits per heavy atom. The molecule has 0 saturated carbocycles. The van der Waals surface area contributed by atoms with E-state index in [1.165, 1.54) is 4.57 Å². The molecule has 19 heavy (non-hydrogen) atoms. The molecule has 0 unspecified atom stereocenters. The van der Waals surface area contributed by atoms with E-state index in [-0.39, 0.29) is 5.69 Å². The van der Waals surface area contributed by atoms with Crippen molar-refractivity contribution >= 4 is 0 Å². The summed E-state index contributed by atoms with van der Waals surface area (Å²) in [5.41, 5.74) is 0.0706. The summed E-state index contributed by atoms with van der Waals surface area (Å²) >= 11 is 0. The minimum absolute atomic E-state index is 0.0944. The zero-order chi connectivity index (χ0) is 13.6. The normalized spacial score (nSPS) is 13.6. The zero-order valence-corrected chi connectivity index (χ0v) is 9.87. The molecule has 0 radical (unpaired) electrons. The van der Waals surface area contributed by atoms with E-state index in [0.717, 1.165) is 24.6 Å².